The Balaban J connectivity index is 1.86. The number of hydrogen-bond donors (Lipinski definition) is 0. The van der Waals surface area contributed by atoms with Crippen LogP contribution in [0.25, 0.3) is 11.6 Å². The molecule has 2 aromatic rings. The smallest absolute Gasteiger partial charge is 0.338 e. The van der Waals surface area contributed by atoms with Crippen LogP contribution in [-0.2, 0) is 16.6 Å². The first kappa shape index (κ1) is 19.4. The van der Waals surface area contributed by atoms with Crippen LogP contribution in [-0.4, -0.2) is 12.6 Å². The third-order valence-corrected chi connectivity index (χ3v) is 5.60. The number of fused-ring (bicyclic) bond motifs is 1. The van der Waals surface area contributed by atoms with Crippen LogP contribution in [0.5, 0.6) is 0 Å². The Morgan fingerprint density at radius 3 is 2.48 bits per heavy atom. The maximum absolute atomic E-state index is 11.8. The van der Waals surface area contributed by atoms with Crippen LogP contribution < -0.4 is 0 Å². The molecule has 0 saturated carbocycles. The number of carbonyl (C=O) groups is 1. The minimum Gasteiger partial charge on any atom is -0.462 e. The molecule has 0 amide bonds. The van der Waals surface area contributed by atoms with Crippen LogP contribution in [0.4, 0.5) is 0 Å². The molecule has 0 fully saturated rings. The summed E-state index contributed by atoms with van der Waals surface area (Å²) in [7, 11) is 0. The summed E-state index contributed by atoms with van der Waals surface area (Å²) in [6, 6.07) is 14.6. The second kappa shape index (κ2) is 8.12. The van der Waals surface area contributed by atoms with Crippen molar-refractivity contribution in [2.24, 2.45) is 0 Å². The molecule has 2 aromatic carbocycles. The number of hydrogen-bond acceptors (Lipinski definition) is 2. The van der Waals surface area contributed by atoms with Gasteiger partial charge >= 0.3 is 5.97 Å². The van der Waals surface area contributed by atoms with E-state index >= 15 is 0 Å². The van der Waals surface area contributed by atoms with Crippen molar-refractivity contribution in [1.29, 1.82) is 0 Å². The fourth-order valence-corrected chi connectivity index (χ4v) is 3.95. The molecular weight excluding hydrogens is 332 g/mol. The van der Waals surface area contributed by atoms with Crippen molar-refractivity contribution in [3.05, 3.63) is 70.3 Å². The minimum atomic E-state index is -0.266. The topological polar surface area (TPSA) is 26.3 Å². The average molecular weight is 363 g/mol. The molecule has 0 aromatic heterocycles. The number of ether oxygens (including phenoxy) is 1. The second-order valence-electron chi connectivity index (χ2n) is 8.13. The molecule has 27 heavy (non-hydrogen) atoms. The first-order chi connectivity index (χ1) is 12.9. The standard InChI is InChI=1S/C25H30O2/c1-5-27-24(26)21-11-9-19(10-12-21)16-18(2)22-14-13-20-8-6-7-15-25(3,4)23(20)17-22/h9-14,16-17H,5-8,15H2,1-4H3/b18-16+. The molecule has 1 aliphatic carbocycles. The third-order valence-electron chi connectivity index (χ3n) is 5.60. The number of benzene rings is 2. The Morgan fingerprint density at radius 2 is 1.78 bits per heavy atom. The zero-order chi connectivity index (χ0) is 19.4. The number of rotatable bonds is 4. The van der Waals surface area contributed by atoms with Crippen LogP contribution in [0.2, 0.25) is 0 Å². The van der Waals surface area contributed by atoms with Gasteiger partial charge in [0.05, 0.1) is 12.2 Å². The summed E-state index contributed by atoms with van der Waals surface area (Å²) in [4.78, 5) is 11.8. The number of aryl methyl sites for hydroxylation is 1. The first-order valence-corrected chi connectivity index (χ1v) is 10.00. The van der Waals surface area contributed by atoms with E-state index in [-0.39, 0.29) is 11.4 Å². The van der Waals surface area contributed by atoms with Gasteiger partial charge in [0.1, 0.15) is 0 Å². The molecule has 2 heteroatoms. The lowest BCUT2D eigenvalue weighted by Crippen LogP contribution is -2.17. The molecule has 0 spiro atoms. The lowest BCUT2D eigenvalue weighted by molar-refractivity contribution is 0.0526. The van der Waals surface area contributed by atoms with Gasteiger partial charge in [-0.2, -0.15) is 0 Å². The number of allylic oxidation sites excluding steroid dienone is 1. The Bertz CT molecular complexity index is 841. The molecule has 0 aliphatic heterocycles. The van der Waals surface area contributed by atoms with Gasteiger partial charge in [-0.05, 0) is 78.5 Å². The summed E-state index contributed by atoms with van der Waals surface area (Å²) in [6.45, 7) is 9.11. The molecule has 0 unspecified atom stereocenters. The highest BCUT2D eigenvalue weighted by Crippen LogP contribution is 2.37. The van der Waals surface area contributed by atoms with Crippen LogP contribution in [0.3, 0.4) is 0 Å². The average Bonchev–Trinajstić information content (AvgIpc) is 2.80. The maximum Gasteiger partial charge on any atom is 0.338 e. The van der Waals surface area contributed by atoms with Gasteiger partial charge in [0, 0.05) is 0 Å². The Morgan fingerprint density at radius 1 is 1.07 bits per heavy atom. The van der Waals surface area contributed by atoms with Gasteiger partial charge in [-0.3, -0.25) is 0 Å². The Labute approximate surface area is 163 Å². The van der Waals surface area contributed by atoms with Crippen LogP contribution in [0.1, 0.15) is 79.6 Å². The monoisotopic (exact) mass is 362 g/mol. The maximum atomic E-state index is 11.8. The molecule has 0 atom stereocenters. The highest BCUT2D eigenvalue weighted by Gasteiger charge is 2.25. The van der Waals surface area contributed by atoms with Crippen molar-refractivity contribution in [1.82, 2.24) is 0 Å². The third kappa shape index (κ3) is 4.50. The quantitative estimate of drug-likeness (QED) is 0.356. The minimum absolute atomic E-state index is 0.239. The molecule has 0 radical (unpaired) electrons. The van der Waals surface area contributed by atoms with Gasteiger partial charge in [0.2, 0.25) is 0 Å². The van der Waals surface area contributed by atoms with E-state index in [9.17, 15) is 4.79 Å². The number of carbonyl (C=O) groups excluding carboxylic acids is 1. The Kier molecular flexibility index (Phi) is 5.84. The lowest BCUT2D eigenvalue weighted by atomic mass is 9.79. The molecule has 0 saturated heterocycles. The van der Waals surface area contributed by atoms with Gasteiger partial charge < -0.3 is 4.74 Å². The van der Waals surface area contributed by atoms with Crippen LogP contribution in [0.15, 0.2) is 42.5 Å². The first-order valence-electron chi connectivity index (χ1n) is 10.00. The van der Waals surface area contributed by atoms with Crippen molar-refractivity contribution in [3.8, 4) is 0 Å². The molecule has 2 nitrogen and oxygen atoms in total. The fourth-order valence-electron chi connectivity index (χ4n) is 3.95. The highest BCUT2D eigenvalue weighted by atomic mass is 16.5. The van der Waals surface area contributed by atoms with Crippen LogP contribution in [0, 0.1) is 0 Å². The van der Waals surface area contributed by atoms with Crippen molar-refractivity contribution < 1.29 is 9.53 Å². The van der Waals surface area contributed by atoms with Gasteiger partial charge in [0.25, 0.3) is 0 Å². The zero-order valence-corrected chi connectivity index (χ0v) is 17.0. The van der Waals surface area contributed by atoms with Crippen molar-refractivity contribution in [2.75, 3.05) is 6.61 Å². The van der Waals surface area contributed by atoms with Crippen molar-refractivity contribution in [2.45, 2.75) is 58.8 Å². The lowest BCUT2D eigenvalue weighted by Gasteiger charge is -2.26. The molecular formula is C25H30O2. The summed E-state index contributed by atoms with van der Waals surface area (Å²) >= 11 is 0. The van der Waals surface area contributed by atoms with Gasteiger partial charge in [0.15, 0.2) is 0 Å². The molecule has 1 aliphatic rings. The van der Waals surface area contributed by atoms with E-state index in [0.717, 1.165) is 5.56 Å². The van der Waals surface area contributed by atoms with E-state index < -0.39 is 0 Å². The predicted octanol–water partition coefficient (Wildman–Crippen LogP) is 6.43. The van der Waals surface area contributed by atoms with E-state index in [1.807, 2.05) is 31.2 Å². The largest absolute Gasteiger partial charge is 0.462 e. The summed E-state index contributed by atoms with van der Waals surface area (Å²) < 4.78 is 5.05. The summed E-state index contributed by atoms with van der Waals surface area (Å²) in [6.07, 6.45) is 7.22. The summed E-state index contributed by atoms with van der Waals surface area (Å²) in [5.74, 6) is -0.266. The van der Waals surface area contributed by atoms with Gasteiger partial charge in [-0.15, -0.1) is 0 Å². The SMILES string of the molecule is CCOC(=O)c1ccc(/C=C(\C)c2ccc3c(c2)C(C)(C)CCCC3)cc1. The van der Waals surface area contributed by atoms with E-state index in [1.54, 1.807) is 0 Å². The zero-order valence-electron chi connectivity index (χ0n) is 17.0. The molecule has 3 rings (SSSR count). The summed E-state index contributed by atoms with van der Waals surface area (Å²) in [5.41, 5.74) is 7.45. The van der Waals surface area contributed by atoms with E-state index in [0.29, 0.717) is 12.2 Å². The normalized spacial score (nSPS) is 16.4. The molecule has 0 N–H and O–H groups in total. The van der Waals surface area contributed by atoms with Crippen LogP contribution >= 0.6 is 0 Å². The van der Waals surface area contributed by atoms with Crippen molar-refractivity contribution >= 4 is 17.6 Å². The second-order valence-corrected chi connectivity index (χ2v) is 8.13. The van der Waals surface area contributed by atoms with E-state index in [4.69, 9.17) is 4.74 Å². The molecule has 0 bridgehead atoms. The fraction of sp³-hybridized carbons (Fsp3) is 0.400. The van der Waals surface area contributed by atoms with E-state index in [1.165, 1.54) is 47.9 Å². The predicted molar refractivity (Wildman–Crippen MR) is 113 cm³/mol. The van der Waals surface area contributed by atoms with Gasteiger partial charge in [-0.1, -0.05) is 56.7 Å². The highest BCUT2D eigenvalue weighted by molar-refractivity contribution is 5.90. The molecule has 0 heterocycles. The van der Waals surface area contributed by atoms with Crippen molar-refractivity contribution in [3.63, 3.8) is 0 Å². The van der Waals surface area contributed by atoms with E-state index in [2.05, 4.69) is 45.0 Å². The Hall–Kier alpha value is -2.35. The molecule has 142 valence electrons. The van der Waals surface area contributed by atoms with Gasteiger partial charge in [-0.25, -0.2) is 4.79 Å². The summed E-state index contributed by atoms with van der Waals surface area (Å²) in [5, 5.41) is 0. The number of esters is 1.